The van der Waals surface area contributed by atoms with E-state index in [-0.39, 0.29) is 11.8 Å². The topological polar surface area (TPSA) is 84.0 Å². The number of nitrogens with zero attached hydrogens (tertiary/aromatic N) is 3. The maximum absolute atomic E-state index is 13.5. The van der Waals surface area contributed by atoms with E-state index in [9.17, 15) is 9.59 Å². The summed E-state index contributed by atoms with van der Waals surface area (Å²) in [5.41, 5.74) is 1.83. The van der Waals surface area contributed by atoms with Crippen molar-refractivity contribution in [3.63, 3.8) is 0 Å². The van der Waals surface area contributed by atoms with E-state index in [1.54, 1.807) is 47.4 Å². The Kier molecular flexibility index (Phi) is 7.82. The number of ether oxygens (including phenoxy) is 2. The van der Waals surface area contributed by atoms with Crippen LogP contribution in [-0.2, 0) is 0 Å². The highest BCUT2D eigenvalue weighted by Gasteiger charge is 2.26. The van der Waals surface area contributed by atoms with Crippen molar-refractivity contribution in [1.29, 1.82) is 0 Å². The number of benzene rings is 2. The van der Waals surface area contributed by atoms with Gasteiger partial charge in [0, 0.05) is 38.1 Å². The van der Waals surface area contributed by atoms with Gasteiger partial charge in [0.05, 0.1) is 24.8 Å². The van der Waals surface area contributed by atoms with Gasteiger partial charge in [-0.3, -0.25) is 9.59 Å². The molecule has 182 valence electrons. The fourth-order valence-corrected chi connectivity index (χ4v) is 4.10. The number of carbonyl (C=O) groups is 2. The Morgan fingerprint density at radius 1 is 0.886 bits per heavy atom. The quantitative estimate of drug-likeness (QED) is 0.552. The number of rotatable bonds is 7. The predicted molar refractivity (Wildman–Crippen MR) is 135 cm³/mol. The van der Waals surface area contributed by atoms with Crippen molar-refractivity contribution >= 4 is 23.3 Å². The number of nitrogens with one attached hydrogen (secondary N) is 1. The molecular formula is C27H30N4O4. The van der Waals surface area contributed by atoms with Crippen LogP contribution in [0.2, 0.25) is 0 Å². The number of hydrogen-bond donors (Lipinski definition) is 1. The molecule has 1 N–H and O–H groups in total. The first-order chi connectivity index (χ1) is 17.1. The second-order valence-corrected chi connectivity index (χ2v) is 8.12. The second kappa shape index (κ2) is 11.4. The lowest BCUT2D eigenvalue weighted by atomic mass is 10.1. The van der Waals surface area contributed by atoms with Crippen LogP contribution in [0.15, 0.2) is 66.9 Å². The van der Waals surface area contributed by atoms with Crippen molar-refractivity contribution in [3.8, 4) is 11.5 Å². The van der Waals surface area contributed by atoms with Crippen LogP contribution in [0.4, 0.5) is 11.5 Å². The van der Waals surface area contributed by atoms with Crippen molar-refractivity contribution < 1.29 is 19.1 Å². The van der Waals surface area contributed by atoms with Crippen LogP contribution in [0.1, 0.15) is 34.1 Å². The van der Waals surface area contributed by atoms with Crippen molar-refractivity contribution in [2.45, 2.75) is 13.3 Å². The maximum atomic E-state index is 13.5. The van der Waals surface area contributed by atoms with Crippen LogP contribution in [-0.4, -0.2) is 66.5 Å². The van der Waals surface area contributed by atoms with E-state index >= 15 is 0 Å². The van der Waals surface area contributed by atoms with E-state index in [4.69, 9.17) is 9.47 Å². The molecule has 1 aliphatic rings. The molecular weight excluding hydrogens is 444 g/mol. The Morgan fingerprint density at radius 2 is 1.54 bits per heavy atom. The van der Waals surface area contributed by atoms with E-state index in [2.05, 4.69) is 10.3 Å². The normalized spacial score (nSPS) is 13.7. The molecule has 0 saturated carbocycles. The lowest BCUT2D eigenvalue weighted by Crippen LogP contribution is -2.37. The fraction of sp³-hybridized carbons (Fsp3) is 0.296. The molecule has 1 saturated heterocycles. The molecule has 1 aromatic heterocycles. The van der Waals surface area contributed by atoms with Crippen molar-refractivity contribution in [1.82, 2.24) is 14.8 Å². The van der Waals surface area contributed by atoms with Crippen molar-refractivity contribution in [3.05, 3.63) is 78.0 Å². The summed E-state index contributed by atoms with van der Waals surface area (Å²) in [6.07, 6.45) is 2.35. The van der Waals surface area contributed by atoms with Gasteiger partial charge in [0.2, 0.25) is 0 Å². The lowest BCUT2D eigenvalue weighted by molar-refractivity contribution is 0.0717. The molecule has 0 aliphatic carbocycles. The Morgan fingerprint density at radius 3 is 2.23 bits per heavy atom. The van der Waals surface area contributed by atoms with E-state index in [1.807, 2.05) is 43.3 Å². The fourth-order valence-electron chi connectivity index (χ4n) is 4.10. The molecule has 0 bridgehead atoms. The van der Waals surface area contributed by atoms with Gasteiger partial charge in [0.1, 0.15) is 17.3 Å². The van der Waals surface area contributed by atoms with Gasteiger partial charge in [-0.05, 0) is 61.9 Å². The highest BCUT2D eigenvalue weighted by molar-refractivity contribution is 6.00. The number of para-hydroxylation sites is 1. The minimum absolute atomic E-state index is 0.0871. The Bertz CT molecular complexity index is 1170. The number of carbonyl (C=O) groups excluding carboxylic acids is 2. The first-order valence-corrected chi connectivity index (χ1v) is 11.8. The number of aromatic nitrogens is 1. The summed E-state index contributed by atoms with van der Waals surface area (Å²) in [6, 6.07) is 18.3. The standard InChI is InChI=1S/C27H30N4O4/c1-3-35-21-13-11-20(12-14-21)29-25-23(9-6-15-28-25)27(33)31-17-7-16-30(18-19-31)26(32)22-8-4-5-10-24(22)34-2/h4-6,8-15H,3,7,16-19H2,1-2H3,(H,28,29). The zero-order chi connectivity index (χ0) is 24.6. The second-order valence-electron chi connectivity index (χ2n) is 8.12. The summed E-state index contributed by atoms with van der Waals surface area (Å²) in [7, 11) is 1.56. The van der Waals surface area contributed by atoms with Crippen LogP contribution < -0.4 is 14.8 Å². The summed E-state index contributed by atoms with van der Waals surface area (Å²) in [4.78, 5) is 34.5. The van der Waals surface area contributed by atoms with Gasteiger partial charge in [0.25, 0.3) is 11.8 Å². The molecule has 4 rings (SSSR count). The average Bonchev–Trinajstić information content (AvgIpc) is 3.16. The number of methoxy groups -OCH3 is 1. The molecule has 0 radical (unpaired) electrons. The summed E-state index contributed by atoms with van der Waals surface area (Å²) in [5, 5.41) is 3.25. The minimum Gasteiger partial charge on any atom is -0.496 e. The number of hydrogen-bond acceptors (Lipinski definition) is 6. The molecule has 2 amide bonds. The van der Waals surface area contributed by atoms with Crippen molar-refractivity contribution in [2.75, 3.05) is 45.2 Å². The van der Waals surface area contributed by atoms with Gasteiger partial charge in [-0.1, -0.05) is 12.1 Å². The molecule has 2 heterocycles. The Hall–Kier alpha value is -4.07. The van der Waals surface area contributed by atoms with E-state index < -0.39 is 0 Å². The predicted octanol–water partition coefficient (Wildman–Crippen LogP) is 4.22. The van der Waals surface area contributed by atoms with Crippen LogP contribution in [0, 0.1) is 0 Å². The molecule has 1 fully saturated rings. The van der Waals surface area contributed by atoms with Crippen LogP contribution in [0.5, 0.6) is 11.5 Å². The van der Waals surface area contributed by atoms with Gasteiger partial charge < -0.3 is 24.6 Å². The van der Waals surface area contributed by atoms with Gasteiger partial charge in [-0.2, -0.15) is 0 Å². The molecule has 1 aliphatic heterocycles. The van der Waals surface area contributed by atoms with Gasteiger partial charge in [0.15, 0.2) is 0 Å². The third-order valence-electron chi connectivity index (χ3n) is 5.87. The number of pyridine rings is 1. The largest absolute Gasteiger partial charge is 0.496 e. The maximum Gasteiger partial charge on any atom is 0.257 e. The highest BCUT2D eigenvalue weighted by Crippen LogP contribution is 2.24. The monoisotopic (exact) mass is 474 g/mol. The van der Waals surface area contributed by atoms with E-state index in [0.717, 1.165) is 11.4 Å². The average molecular weight is 475 g/mol. The first-order valence-electron chi connectivity index (χ1n) is 11.8. The molecule has 0 spiro atoms. The molecule has 0 unspecified atom stereocenters. The summed E-state index contributed by atoms with van der Waals surface area (Å²) < 4.78 is 10.8. The highest BCUT2D eigenvalue weighted by atomic mass is 16.5. The Labute approximate surface area is 205 Å². The van der Waals surface area contributed by atoms with Crippen LogP contribution >= 0.6 is 0 Å². The zero-order valence-electron chi connectivity index (χ0n) is 20.1. The molecule has 8 heteroatoms. The van der Waals surface area contributed by atoms with Gasteiger partial charge in [-0.25, -0.2) is 4.98 Å². The lowest BCUT2D eigenvalue weighted by Gasteiger charge is -2.23. The van der Waals surface area contributed by atoms with Crippen LogP contribution in [0.25, 0.3) is 0 Å². The molecule has 35 heavy (non-hydrogen) atoms. The molecule has 2 aromatic carbocycles. The summed E-state index contributed by atoms with van der Waals surface area (Å²) in [6.45, 7) is 4.57. The minimum atomic E-state index is -0.113. The van der Waals surface area contributed by atoms with Crippen LogP contribution in [0.3, 0.4) is 0 Å². The molecule has 3 aromatic rings. The molecule has 0 atom stereocenters. The van der Waals surface area contributed by atoms with Gasteiger partial charge in [-0.15, -0.1) is 0 Å². The van der Waals surface area contributed by atoms with Crippen molar-refractivity contribution in [2.24, 2.45) is 0 Å². The summed E-state index contributed by atoms with van der Waals surface area (Å²) >= 11 is 0. The SMILES string of the molecule is CCOc1ccc(Nc2ncccc2C(=O)N2CCCN(C(=O)c3ccccc3OC)CC2)cc1. The first kappa shape index (κ1) is 24.1. The molecule has 8 nitrogen and oxygen atoms in total. The van der Waals surface area contributed by atoms with E-state index in [1.165, 1.54) is 0 Å². The van der Waals surface area contributed by atoms with Gasteiger partial charge >= 0.3 is 0 Å². The third kappa shape index (κ3) is 5.71. The van der Waals surface area contributed by atoms with E-state index in [0.29, 0.717) is 61.9 Å². The third-order valence-corrected chi connectivity index (χ3v) is 5.87. The smallest absolute Gasteiger partial charge is 0.257 e. The number of anilines is 2. The summed E-state index contributed by atoms with van der Waals surface area (Å²) in [5.74, 6) is 1.63. The number of amides is 2. The Balaban J connectivity index is 1.45. The zero-order valence-corrected chi connectivity index (χ0v) is 20.1.